The predicted molar refractivity (Wildman–Crippen MR) is 128 cm³/mol. The van der Waals surface area contributed by atoms with Gasteiger partial charge in [0.1, 0.15) is 11.6 Å². The van der Waals surface area contributed by atoms with Crippen molar-refractivity contribution in [3.05, 3.63) is 48.3 Å². The Hall–Kier alpha value is -3.20. The van der Waals surface area contributed by atoms with E-state index in [0.29, 0.717) is 22.3 Å². The number of carbonyl (C=O) groups excluding carboxylic acids is 1. The molecule has 33 heavy (non-hydrogen) atoms. The summed E-state index contributed by atoms with van der Waals surface area (Å²) < 4.78 is 18.7. The van der Waals surface area contributed by atoms with E-state index in [-0.39, 0.29) is 17.8 Å². The molecule has 0 atom stereocenters. The summed E-state index contributed by atoms with van der Waals surface area (Å²) in [7, 11) is 3.25. The number of ether oxygens (including phenoxy) is 3. The zero-order valence-corrected chi connectivity index (χ0v) is 19.9. The highest BCUT2D eigenvalue weighted by atomic mass is 32.2. The van der Waals surface area contributed by atoms with Gasteiger partial charge in [-0.2, -0.15) is 0 Å². The minimum atomic E-state index is -0.140. The molecule has 0 aliphatic heterocycles. The van der Waals surface area contributed by atoms with Crippen LogP contribution in [0, 0.1) is 6.92 Å². The normalized spacial score (nSPS) is 13.7. The summed E-state index contributed by atoms with van der Waals surface area (Å²) in [6.45, 7) is 1.88. The van der Waals surface area contributed by atoms with Gasteiger partial charge in [-0.05, 0) is 69.0 Å². The van der Waals surface area contributed by atoms with Crippen molar-refractivity contribution in [2.75, 3.05) is 25.3 Å². The Morgan fingerprint density at radius 1 is 1.06 bits per heavy atom. The highest BCUT2D eigenvalue weighted by Gasteiger charge is 2.19. The van der Waals surface area contributed by atoms with Gasteiger partial charge in [-0.1, -0.05) is 11.8 Å². The molecule has 1 fully saturated rings. The molecule has 2 aromatic carbocycles. The number of aromatic nitrogens is 3. The molecule has 0 saturated heterocycles. The monoisotopic (exact) mass is 468 g/mol. The molecule has 9 heteroatoms. The largest absolute Gasteiger partial charge is 0.497 e. The van der Waals surface area contributed by atoms with Crippen molar-refractivity contribution in [2.45, 2.75) is 43.9 Å². The molecule has 1 heterocycles. The number of thioether (sulfide) groups is 1. The first-order chi connectivity index (χ1) is 16.1. The maximum Gasteiger partial charge on any atom is 0.234 e. The highest BCUT2D eigenvalue weighted by Crippen LogP contribution is 2.34. The van der Waals surface area contributed by atoms with Crippen LogP contribution in [-0.4, -0.2) is 46.7 Å². The fraction of sp³-hybridized carbons (Fsp3) is 0.375. The number of methoxy groups -OCH3 is 2. The van der Waals surface area contributed by atoms with Gasteiger partial charge in [-0.3, -0.25) is 9.36 Å². The summed E-state index contributed by atoms with van der Waals surface area (Å²) >= 11 is 1.33. The summed E-state index contributed by atoms with van der Waals surface area (Å²) in [5.74, 6) is 2.89. The first-order valence-corrected chi connectivity index (χ1v) is 11.9. The van der Waals surface area contributed by atoms with Crippen LogP contribution in [0.15, 0.2) is 47.6 Å². The van der Waals surface area contributed by atoms with E-state index < -0.39 is 0 Å². The minimum absolute atomic E-state index is 0.140. The van der Waals surface area contributed by atoms with Crippen LogP contribution in [0.5, 0.6) is 17.2 Å². The van der Waals surface area contributed by atoms with Crippen molar-refractivity contribution in [2.24, 2.45) is 0 Å². The van der Waals surface area contributed by atoms with Crippen LogP contribution in [0.4, 0.5) is 5.69 Å². The number of hydrogen-bond donors (Lipinski definition) is 1. The zero-order chi connectivity index (χ0) is 23.2. The molecule has 0 radical (unpaired) electrons. The molecule has 0 unspecified atom stereocenters. The summed E-state index contributed by atoms with van der Waals surface area (Å²) in [4.78, 5) is 12.7. The molecule has 174 valence electrons. The van der Waals surface area contributed by atoms with E-state index >= 15 is 0 Å². The van der Waals surface area contributed by atoms with Crippen LogP contribution < -0.4 is 19.5 Å². The van der Waals surface area contributed by atoms with Crippen molar-refractivity contribution in [1.82, 2.24) is 14.8 Å². The second-order valence-electron chi connectivity index (χ2n) is 7.79. The Balaban J connectivity index is 1.41. The van der Waals surface area contributed by atoms with Crippen molar-refractivity contribution in [3.8, 4) is 22.9 Å². The molecular formula is C24H28N4O4S. The second kappa shape index (κ2) is 10.6. The molecule has 1 aromatic heterocycles. The Morgan fingerprint density at radius 3 is 2.52 bits per heavy atom. The molecule has 0 spiro atoms. The van der Waals surface area contributed by atoms with Crippen LogP contribution in [0.1, 0.15) is 31.5 Å². The van der Waals surface area contributed by atoms with Gasteiger partial charge in [0.15, 0.2) is 16.7 Å². The average Bonchev–Trinajstić information content (AvgIpc) is 3.47. The van der Waals surface area contributed by atoms with Gasteiger partial charge in [0, 0.05) is 17.4 Å². The maximum atomic E-state index is 12.7. The van der Waals surface area contributed by atoms with Gasteiger partial charge in [-0.25, -0.2) is 0 Å². The quantitative estimate of drug-likeness (QED) is 0.458. The third-order valence-electron chi connectivity index (χ3n) is 5.50. The number of carbonyl (C=O) groups is 1. The van der Waals surface area contributed by atoms with E-state index in [0.717, 1.165) is 30.1 Å². The van der Waals surface area contributed by atoms with Crippen LogP contribution in [0.25, 0.3) is 5.69 Å². The average molecular weight is 469 g/mol. The van der Waals surface area contributed by atoms with Gasteiger partial charge >= 0.3 is 0 Å². The van der Waals surface area contributed by atoms with Crippen LogP contribution in [-0.2, 0) is 4.79 Å². The van der Waals surface area contributed by atoms with Crippen LogP contribution in [0.2, 0.25) is 0 Å². The van der Waals surface area contributed by atoms with Gasteiger partial charge in [0.25, 0.3) is 0 Å². The summed E-state index contributed by atoms with van der Waals surface area (Å²) in [6.07, 6.45) is 4.66. The van der Waals surface area contributed by atoms with Crippen molar-refractivity contribution >= 4 is 23.4 Å². The number of amides is 1. The molecule has 1 saturated carbocycles. The van der Waals surface area contributed by atoms with Gasteiger partial charge in [-0.15, -0.1) is 10.2 Å². The summed E-state index contributed by atoms with van der Waals surface area (Å²) in [5, 5.41) is 12.0. The lowest BCUT2D eigenvalue weighted by atomic mass is 10.2. The van der Waals surface area contributed by atoms with Gasteiger partial charge in [0.05, 0.1) is 26.1 Å². The number of benzene rings is 2. The Labute approximate surface area is 197 Å². The summed E-state index contributed by atoms with van der Waals surface area (Å²) in [6, 6.07) is 13.1. The number of anilines is 1. The van der Waals surface area contributed by atoms with Gasteiger partial charge in [0.2, 0.25) is 5.91 Å². The van der Waals surface area contributed by atoms with Crippen LogP contribution >= 0.6 is 11.8 Å². The number of hydrogen-bond acceptors (Lipinski definition) is 7. The smallest absolute Gasteiger partial charge is 0.234 e. The Morgan fingerprint density at radius 2 is 1.82 bits per heavy atom. The summed E-state index contributed by atoms with van der Waals surface area (Å²) in [5.41, 5.74) is 1.58. The Bertz CT molecular complexity index is 1090. The maximum absolute atomic E-state index is 12.7. The lowest BCUT2D eigenvalue weighted by Crippen LogP contribution is -2.15. The predicted octanol–water partition coefficient (Wildman–Crippen LogP) is 4.65. The minimum Gasteiger partial charge on any atom is -0.497 e. The van der Waals surface area contributed by atoms with Crippen molar-refractivity contribution in [1.29, 1.82) is 0 Å². The zero-order valence-electron chi connectivity index (χ0n) is 19.0. The first kappa shape index (κ1) is 23.0. The number of nitrogens with zero attached hydrogens (tertiary/aromatic N) is 3. The number of aryl methyl sites for hydroxylation is 1. The fourth-order valence-corrected chi connectivity index (χ4v) is 4.62. The molecule has 1 amide bonds. The Kier molecular flexibility index (Phi) is 7.39. The number of rotatable bonds is 9. The van der Waals surface area contributed by atoms with Crippen molar-refractivity contribution in [3.63, 3.8) is 0 Å². The molecule has 3 aromatic rings. The second-order valence-corrected chi connectivity index (χ2v) is 8.73. The number of nitrogens with one attached hydrogen (secondary N) is 1. The highest BCUT2D eigenvalue weighted by molar-refractivity contribution is 7.99. The standard InChI is InChI=1S/C24H28N4O4S/c1-16-26-27-24(28(16)18-9-11-19(30-2)12-10-18)33-15-23(29)25-17-8-13-21(31-3)22(14-17)32-20-6-4-5-7-20/h8-14,20H,4-7,15H2,1-3H3,(H,25,29). The third-order valence-corrected chi connectivity index (χ3v) is 6.43. The van der Waals surface area contributed by atoms with E-state index in [1.54, 1.807) is 14.2 Å². The SMILES string of the molecule is COc1ccc(-n2c(C)nnc2SCC(=O)Nc2ccc(OC)c(OC3CCCC3)c2)cc1. The fourth-order valence-electron chi connectivity index (χ4n) is 3.82. The van der Waals surface area contributed by atoms with Crippen LogP contribution in [0.3, 0.4) is 0 Å². The van der Waals surface area contributed by atoms with E-state index in [2.05, 4.69) is 15.5 Å². The van der Waals surface area contributed by atoms with Gasteiger partial charge < -0.3 is 19.5 Å². The molecule has 1 N–H and O–H groups in total. The third kappa shape index (κ3) is 5.60. The molecule has 1 aliphatic carbocycles. The molecule has 8 nitrogen and oxygen atoms in total. The van der Waals surface area contributed by atoms with E-state index in [1.165, 1.54) is 24.6 Å². The molecule has 1 aliphatic rings. The first-order valence-electron chi connectivity index (χ1n) is 10.9. The lowest BCUT2D eigenvalue weighted by Gasteiger charge is -2.17. The van der Waals surface area contributed by atoms with Crippen molar-refractivity contribution < 1.29 is 19.0 Å². The molecular weight excluding hydrogens is 440 g/mol. The lowest BCUT2D eigenvalue weighted by molar-refractivity contribution is -0.113. The van der Waals surface area contributed by atoms with E-state index in [9.17, 15) is 4.79 Å². The molecule has 0 bridgehead atoms. The topological polar surface area (TPSA) is 87.5 Å². The van der Waals surface area contributed by atoms with E-state index in [1.807, 2.05) is 54.0 Å². The molecule has 4 rings (SSSR count). The van der Waals surface area contributed by atoms with E-state index in [4.69, 9.17) is 14.2 Å².